The zero-order valence-electron chi connectivity index (χ0n) is 10.8. The van der Waals surface area contributed by atoms with Crippen molar-refractivity contribution in [2.75, 3.05) is 31.7 Å². The van der Waals surface area contributed by atoms with Crippen LogP contribution in [0.3, 0.4) is 0 Å². The lowest BCUT2D eigenvalue weighted by Crippen LogP contribution is -2.20. The molecule has 5 heteroatoms. The van der Waals surface area contributed by atoms with Gasteiger partial charge in [-0.2, -0.15) is 0 Å². The number of hydrogen-bond acceptors (Lipinski definition) is 4. The second kappa shape index (κ2) is 6.01. The molecule has 1 atom stereocenters. The number of halogens is 1. The number of rotatable bonds is 2. The zero-order valence-corrected chi connectivity index (χ0v) is 12.4. The van der Waals surface area contributed by atoms with Gasteiger partial charge in [0.25, 0.3) is 0 Å². The predicted octanol–water partition coefficient (Wildman–Crippen LogP) is 3.20. The SMILES string of the molecule is Brc1cc2c(cc1NC1CCCOCC1)OCCO2. The Balaban J connectivity index is 1.76. The van der Waals surface area contributed by atoms with E-state index in [9.17, 15) is 0 Å². The molecular weight excluding hydrogens is 310 g/mol. The fraction of sp³-hybridized carbons (Fsp3) is 0.571. The van der Waals surface area contributed by atoms with Crippen LogP contribution in [-0.2, 0) is 4.74 Å². The van der Waals surface area contributed by atoms with Gasteiger partial charge in [-0.05, 0) is 35.2 Å². The van der Waals surface area contributed by atoms with Crippen LogP contribution in [0.1, 0.15) is 19.3 Å². The highest BCUT2D eigenvalue weighted by molar-refractivity contribution is 9.10. The molecule has 1 saturated heterocycles. The van der Waals surface area contributed by atoms with Crippen LogP contribution < -0.4 is 14.8 Å². The molecule has 0 bridgehead atoms. The lowest BCUT2D eigenvalue weighted by atomic mass is 10.1. The summed E-state index contributed by atoms with van der Waals surface area (Å²) >= 11 is 3.59. The molecule has 0 aliphatic carbocycles. The Morgan fingerprint density at radius 1 is 1.00 bits per heavy atom. The number of ether oxygens (including phenoxy) is 3. The highest BCUT2D eigenvalue weighted by Crippen LogP contribution is 2.38. The topological polar surface area (TPSA) is 39.7 Å². The van der Waals surface area contributed by atoms with Crippen molar-refractivity contribution < 1.29 is 14.2 Å². The van der Waals surface area contributed by atoms with Crippen LogP contribution in [0.2, 0.25) is 0 Å². The van der Waals surface area contributed by atoms with Gasteiger partial charge in [-0.3, -0.25) is 0 Å². The van der Waals surface area contributed by atoms with Crippen LogP contribution in [0.4, 0.5) is 5.69 Å². The smallest absolute Gasteiger partial charge is 0.163 e. The van der Waals surface area contributed by atoms with E-state index in [4.69, 9.17) is 14.2 Å². The van der Waals surface area contributed by atoms with E-state index >= 15 is 0 Å². The molecule has 1 aromatic carbocycles. The van der Waals surface area contributed by atoms with Crippen LogP contribution >= 0.6 is 15.9 Å². The molecule has 2 aliphatic rings. The molecular formula is C14H18BrNO3. The number of hydrogen-bond donors (Lipinski definition) is 1. The van der Waals surface area contributed by atoms with Crippen molar-refractivity contribution in [1.82, 2.24) is 0 Å². The molecule has 1 aromatic rings. The molecule has 4 nitrogen and oxygen atoms in total. The van der Waals surface area contributed by atoms with Crippen LogP contribution in [0.5, 0.6) is 11.5 Å². The van der Waals surface area contributed by atoms with Crippen LogP contribution in [-0.4, -0.2) is 32.5 Å². The van der Waals surface area contributed by atoms with Crippen molar-refractivity contribution >= 4 is 21.6 Å². The van der Waals surface area contributed by atoms with Gasteiger partial charge in [0.1, 0.15) is 13.2 Å². The van der Waals surface area contributed by atoms with Gasteiger partial charge in [-0.1, -0.05) is 0 Å². The molecule has 0 radical (unpaired) electrons. The lowest BCUT2D eigenvalue weighted by Gasteiger charge is -2.23. The first kappa shape index (κ1) is 13.1. The first-order valence-electron chi connectivity index (χ1n) is 6.76. The second-order valence-electron chi connectivity index (χ2n) is 4.86. The number of fused-ring (bicyclic) bond motifs is 1. The summed E-state index contributed by atoms with van der Waals surface area (Å²) in [6, 6.07) is 4.45. The zero-order chi connectivity index (χ0) is 13.1. The normalized spacial score (nSPS) is 22.7. The van der Waals surface area contributed by atoms with E-state index in [0.29, 0.717) is 19.3 Å². The van der Waals surface area contributed by atoms with E-state index in [0.717, 1.165) is 54.1 Å². The highest BCUT2D eigenvalue weighted by atomic mass is 79.9. The maximum atomic E-state index is 5.62. The van der Waals surface area contributed by atoms with E-state index in [1.54, 1.807) is 0 Å². The fourth-order valence-corrected chi connectivity index (χ4v) is 2.88. The minimum atomic E-state index is 0.460. The van der Waals surface area contributed by atoms with Crippen LogP contribution in [0.15, 0.2) is 16.6 Å². The molecule has 3 rings (SSSR count). The Hall–Kier alpha value is -0.940. The maximum absolute atomic E-state index is 5.62. The van der Waals surface area contributed by atoms with E-state index in [1.807, 2.05) is 12.1 Å². The van der Waals surface area contributed by atoms with Gasteiger partial charge in [0, 0.05) is 35.9 Å². The summed E-state index contributed by atoms with van der Waals surface area (Å²) in [7, 11) is 0. The summed E-state index contributed by atoms with van der Waals surface area (Å²) in [5, 5.41) is 3.58. The van der Waals surface area contributed by atoms with E-state index in [-0.39, 0.29) is 0 Å². The van der Waals surface area contributed by atoms with Gasteiger partial charge >= 0.3 is 0 Å². The fourth-order valence-electron chi connectivity index (χ4n) is 2.44. The third-order valence-corrected chi connectivity index (χ3v) is 4.10. The Morgan fingerprint density at radius 2 is 1.79 bits per heavy atom. The Labute approximate surface area is 121 Å². The van der Waals surface area contributed by atoms with E-state index in [2.05, 4.69) is 21.2 Å². The summed E-state index contributed by atoms with van der Waals surface area (Å²) < 4.78 is 17.7. The molecule has 1 N–H and O–H groups in total. The Bertz CT molecular complexity index is 445. The second-order valence-corrected chi connectivity index (χ2v) is 5.71. The third kappa shape index (κ3) is 3.15. The maximum Gasteiger partial charge on any atom is 0.163 e. The monoisotopic (exact) mass is 327 g/mol. The largest absolute Gasteiger partial charge is 0.486 e. The summed E-state index contributed by atoms with van der Waals surface area (Å²) in [6.45, 7) is 2.94. The van der Waals surface area contributed by atoms with Crippen molar-refractivity contribution in [1.29, 1.82) is 0 Å². The number of benzene rings is 1. The molecule has 1 unspecified atom stereocenters. The minimum Gasteiger partial charge on any atom is -0.486 e. The Kier molecular flexibility index (Phi) is 4.13. The molecule has 0 amide bonds. The van der Waals surface area contributed by atoms with Gasteiger partial charge < -0.3 is 19.5 Å². The number of anilines is 1. The van der Waals surface area contributed by atoms with Gasteiger partial charge in [0.05, 0.1) is 5.69 Å². The van der Waals surface area contributed by atoms with Crippen molar-refractivity contribution in [3.8, 4) is 11.5 Å². The Morgan fingerprint density at radius 3 is 2.63 bits per heavy atom. The number of nitrogens with one attached hydrogen (secondary N) is 1. The quantitative estimate of drug-likeness (QED) is 0.905. The molecule has 2 aliphatic heterocycles. The molecule has 0 saturated carbocycles. The van der Waals surface area contributed by atoms with Crippen molar-refractivity contribution in [3.63, 3.8) is 0 Å². The van der Waals surface area contributed by atoms with E-state index in [1.165, 1.54) is 0 Å². The molecule has 0 spiro atoms. The van der Waals surface area contributed by atoms with Crippen LogP contribution in [0, 0.1) is 0 Å². The molecule has 0 aromatic heterocycles. The van der Waals surface area contributed by atoms with Gasteiger partial charge in [0.15, 0.2) is 11.5 Å². The standard InChI is InChI=1S/C14H18BrNO3/c15-11-8-13-14(19-7-6-18-13)9-12(11)16-10-2-1-4-17-5-3-10/h8-10,16H,1-7H2. The highest BCUT2D eigenvalue weighted by Gasteiger charge is 2.18. The van der Waals surface area contributed by atoms with Gasteiger partial charge in [-0.15, -0.1) is 0 Å². The van der Waals surface area contributed by atoms with Crippen LogP contribution in [0.25, 0.3) is 0 Å². The first-order chi connectivity index (χ1) is 9.33. The molecule has 2 heterocycles. The summed E-state index contributed by atoms with van der Waals surface area (Å²) in [5.41, 5.74) is 1.07. The van der Waals surface area contributed by atoms with Crippen molar-refractivity contribution in [2.45, 2.75) is 25.3 Å². The first-order valence-corrected chi connectivity index (χ1v) is 7.55. The summed E-state index contributed by atoms with van der Waals surface area (Å²) in [4.78, 5) is 0. The van der Waals surface area contributed by atoms with Gasteiger partial charge in [0.2, 0.25) is 0 Å². The predicted molar refractivity (Wildman–Crippen MR) is 77.2 cm³/mol. The van der Waals surface area contributed by atoms with E-state index < -0.39 is 0 Å². The summed E-state index contributed by atoms with van der Waals surface area (Å²) in [5.74, 6) is 1.63. The molecule has 1 fully saturated rings. The lowest BCUT2D eigenvalue weighted by molar-refractivity contribution is 0.144. The molecule has 19 heavy (non-hydrogen) atoms. The minimum absolute atomic E-state index is 0.460. The van der Waals surface area contributed by atoms with Gasteiger partial charge in [-0.25, -0.2) is 0 Å². The van der Waals surface area contributed by atoms with Crippen molar-refractivity contribution in [2.24, 2.45) is 0 Å². The average molecular weight is 328 g/mol. The summed E-state index contributed by atoms with van der Waals surface area (Å²) in [6.07, 6.45) is 3.29. The molecule has 104 valence electrons. The third-order valence-electron chi connectivity index (χ3n) is 3.44. The average Bonchev–Trinajstić information content (AvgIpc) is 2.68. The van der Waals surface area contributed by atoms with Crippen molar-refractivity contribution in [3.05, 3.63) is 16.6 Å².